The molecule has 0 aliphatic carbocycles. The fraction of sp³-hybridized carbons (Fsp3) is 0.400. The van der Waals surface area contributed by atoms with Gasteiger partial charge in [-0.1, -0.05) is 38.1 Å². The minimum atomic E-state index is -4.65. The molecule has 36 heavy (non-hydrogen) atoms. The van der Waals surface area contributed by atoms with Gasteiger partial charge in [0, 0.05) is 37.3 Å². The Bertz CT molecular complexity index is 1210. The minimum Gasteiger partial charge on any atom is -0.478 e. The number of carboxylic acid groups (broad SMARTS) is 1. The van der Waals surface area contributed by atoms with Crippen molar-refractivity contribution < 1.29 is 27.8 Å². The van der Waals surface area contributed by atoms with Crippen molar-refractivity contribution in [1.82, 2.24) is 9.36 Å². The fourth-order valence-corrected chi connectivity index (χ4v) is 4.91. The van der Waals surface area contributed by atoms with Gasteiger partial charge in [0.25, 0.3) is 0 Å². The van der Waals surface area contributed by atoms with Gasteiger partial charge in [0.05, 0.1) is 16.9 Å². The van der Waals surface area contributed by atoms with Gasteiger partial charge in [-0.05, 0) is 48.1 Å². The van der Waals surface area contributed by atoms with Gasteiger partial charge in [-0.3, -0.25) is 0 Å². The van der Waals surface area contributed by atoms with E-state index in [4.69, 9.17) is 4.74 Å². The number of carbonyl (C=O) groups is 1. The molecule has 11 heteroatoms. The average Bonchev–Trinajstić information content (AvgIpc) is 3.32. The molecule has 0 unspecified atom stereocenters. The number of rotatable bonds is 8. The second-order valence-electron chi connectivity index (χ2n) is 9.02. The number of anilines is 3. The number of alkyl halides is 3. The Morgan fingerprint density at radius 3 is 2.58 bits per heavy atom. The number of ether oxygens (including phenoxy) is 1. The van der Waals surface area contributed by atoms with Crippen LogP contribution in [0.2, 0.25) is 0 Å². The summed E-state index contributed by atoms with van der Waals surface area (Å²) in [5, 5.41) is 12.7. The molecule has 192 valence electrons. The Morgan fingerprint density at radius 1 is 1.22 bits per heavy atom. The van der Waals surface area contributed by atoms with E-state index in [9.17, 15) is 23.1 Å². The van der Waals surface area contributed by atoms with Crippen molar-refractivity contribution >= 4 is 34.0 Å². The predicted molar refractivity (Wildman–Crippen MR) is 133 cm³/mol. The lowest BCUT2D eigenvalue weighted by atomic mass is 9.97. The highest BCUT2D eigenvalue weighted by Crippen LogP contribution is 2.38. The van der Waals surface area contributed by atoms with Crippen LogP contribution in [0.3, 0.4) is 0 Å². The third kappa shape index (κ3) is 5.96. The first-order valence-corrected chi connectivity index (χ1v) is 12.4. The van der Waals surface area contributed by atoms with Crippen LogP contribution in [-0.2, 0) is 10.9 Å². The highest BCUT2D eigenvalue weighted by atomic mass is 32.1. The summed E-state index contributed by atoms with van der Waals surface area (Å²) in [6, 6.07) is 12.3. The van der Waals surface area contributed by atoms with E-state index in [1.54, 1.807) is 24.3 Å². The lowest BCUT2D eigenvalue weighted by Crippen LogP contribution is -2.42. The van der Waals surface area contributed by atoms with Gasteiger partial charge < -0.3 is 20.1 Å². The molecule has 2 heterocycles. The number of benzene rings is 2. The van der Waals surface area contributed by atoms with Crippen molar-refractivity contribution in [2.75, 3.05) is 30.0 Å². The Hall–Kier alpha value is -3.18. The highest BCUT2D eigenvalue weighted by Gasteiger charge is 2.36. The van der Waals surface area contributed by atoms with Crippen molar-refractivity contribution in [1.29, 1.82) is 0 Å². The van der Waals surface area contributed by atoms with Crippen LogP contribution in [-0.4, -0.2) is 46.2 Å². The molecule has 1 saturated heterocycles. The number of carboxylic acids is 1. The molecular weight excluding hydrogens is 493 g/mol. The summed E-state index contributed by atoms with van der Waals surface area (Å²) in [6.45, 7) is 6.22. The number of halogens is 3. The molecule has 3 aromatic rings. The van der Waals surface area contributed by atoms with Crippen LogP contribution in [0.5, 0.6) is 0 Å². The van der Waals surface area contributed by atoms with E-state index in [1.165, 1.54) is 6.07 Å². The molecule has 0 spiro atoms. The third-order valence-electron chi connectivity index (χ3n) is 5.89. The predicted octanol–water partition coefficient (Wildman–Crippen LogP) is 6.31. The molecule has 0 amide bonds. The van der Waals surface area contributed by atoms with Crippen molar-refractivity contribution in [2.24, 2.45) is 5.92 Å². The van der Waals surface area contributed by atoms with Crippen LogP contribution >= 0.6 is 11.5 Å². The van der Waals surface area contributed by atoms with Crippen LogP contribution in [0.15, 0.2) is 42.5 Å². The summed E-state index contributed by atoms with van der Waals surface area (Å²) in [6.07, 6.45) is -2.99. The first-order chi connectivity index (χ1) is 17.1. The average molecular weight is 521 g/mol. The Kier molecular flexibility index (Phi) is 7.79. The summed E-state index contributed by atoms with van der Waals surface area (Å²) >= 11 is 0.626. The summed E-state index contributed by atoms with van der Waals surface area (Å²) in [5.41, 5.74) is 2.60. The molecule has 0 radical (unpaired) electrons. The summed E-state index contributed by atoms with van der Waals surface area (Å²) in [7, 11) is 0. The van der Waals surface area contributed by atoms with Crippen molar-refractivity contribution in [3.05, 3.63) is 53.9 Å². The van der Waals surface area contributed by atoms with E-state index < -0.39 is 18.0 Å². The normalized spacial score (nSPS) is 14.7. The Labute approximate surface area is 211 Å². The van der Waals surface area contributed by atoms with E-state index in [0.717, 1.165) is 25.1 Å². The van der Waals surface area contributed by atoms with E-state index in [0.29, 0.717) is 47.5 Å². The lowest BCUT2D eigenvalue weighted by molar-refractivity contribution is -0.144. The van der Waals surface area contributed by atoms with Crippen molar-refractivity contribution in [2.45, 2.75) is 38.9 Å². The van der Waals surface area contributed by atoms with Crippen molar-refractivity contribution in [3.63, 3.8) is 0 Å². The van der Waals surface area contributed by atoms with E-state index in [-0.39, 0.29) is 16.7 Å². The molecule has 4 rings (SSSR count). The molecule has 7 nitrogen and oxygen atoms in total. The van der Waals surface area contributed by atoms with Crippen LogP contribution in [0.4, 0.5) is 29.7 Å². The molecule has 0 atom stereocenters. The standard InChI is InChI=1S/C25H27F3N4O3S/c1-15(2)14-32(17-9-11-35-12-10-17)21-8-7-16(18-5-3-4-6-19(18)22(33)34)13-20(21)29-24-30-23(31-36-24)25(26,27)28/h3-8,13,15,17H,9-12,14H2,1-2H3,(H,33,34)(H,29,30,31). The first-order valence-electron chi connectivity index (χ1n) is 11.6. The van der Waals surface area contributed by atoms with Crippen LogP contribution in [0.25, 0.3) is 11.1 Å². The summed E-state index contributed by atoms with van der Waals surface area (Å²) in [5.74, 6) is -1.94. The first kappa shape index (κ1) is 25.9. The number of aromatic carboxylic acids is 1. The van der Waals surface area contributed by atoms with Gasteiger partial charge in [-0.25, -0.2) is 4.79 Å². The monoisotopic (exact) mass is 520 g/mol. The lowest BCUT2D eigenvalue weighted by Gasteiger charge is -2.38. The van der Waals surface area contributed by atoms with E-state index in [1.807, 2.05) is 12.1 Å². The zero-order valence-corrected chi connectivity index (χ0v) is 20.7. The van der Waals surface area contributed by atoms with Gasteiger partial charge in [0.2, 0.25) is 11.0 Å². The second kappa shape index (κ2) is 10.8. The molecule has 1 fully saturated rings. The molecule has 1 aliphatic rings. The quantitative estimate of drug-likeness (QED) is 0.360. The molecular formula is C25H27F3N4O3S. The van der Waals surface area contributed by atoms with Crippen LogP contribution in [0, 0.1) is 5.92 Å². The smallest absolute Gasteiger partial charge is 0.452 e. The van der Waals surface area contributed by atoms with Crippen LogP contribution in [0.1, 0.15) is 42.9 Å². The number of hydrogen-bond donors (Lipinski definition) is 2. The summed E-state index contributed by atoms with van der Waals surface area (Å²) < 4.78 is 48.3. The Morgan fingerprint density at radius 2 is 1.94 bits per heavy atom. The Balaban J connectivity index is 1.81. The maximum absolute atomic E-state index is 13.1. The third-order valence-corrected chi connectivity index (χ3v) is 6.52. The zero-order valence-electron chi connectivity index (χ0n) is 19.9. The van der Waals surface area contributed by atoms with Crippen molar-refractivity contribution in [3.8, 4) is 11.1 Å². The van der Waals surface area contributed by atoms with Gasteiger partial charge in [0.1, 0.15) is 0 Å². The molecule has 2 aromatic carbocycles. The highest BCUT2D eigenvalue weighted by molar-refractivity contribution is 7.09. The van der Waals surface area contributed by atoms with Gasteiger partial charge in [0.15, 0.2) is 0 Å². The van der Waals surface area contributed by atoms with Gasteiger partial charge in [-0.2, -0.15) is 22.5 Å². The topological polar surface area (TPSA) is 87.6 Å². The number of hydrogen-bond acceptors (Lipinski definition) is 7. The second-order valence-corrected chi connectivity index (χ2v) is 9.77. The number of nitrogens with zero attached hydrogens (tertiary/aromatic N) is 3. The summed E-state index contributed by atoms with van der Waals surface area (Å²) in [4.78, 5) is 17.7. The van der Waals surface area contributed by atoms with Gasteiger partial charge in [-0.15, -0.1) is 0 Å². The fourth-order valence-electron chi connectivity index (χ4n) is 4.31. The zero-order chi connectivity index (χ0) is 25.9. The van der Waals surface area contributed by atoms with E-state index >= 15 is 0 Å². The number of nitrogens with one attached hydrogen (secondary N) is 1. The van der Waals surface area contributed by atoms with Crippen LogP contribution < -0.4 is 10.2 Å². The molecule has 1 aliphatic heterocycles. The largest absolute Gasteiger partial charge is 0.478 e. The molecule has 2 N–H and O–H groups in total. The number of aromatic nitrogens is 2. The van der Waals surface area contributed by atoms with E-state index in [2.05, 4.69) is 33.4 Å². The maximum atomic E-state index is 13.1. The molecule has 1 aromatic heterocycles. The molecule has 0 saturated carbocycles. The maximum Gasteiger partial charge on any atom is 0.452 e. The SMILES string of the molecule is CC(C)CN(c1ccc(-c2ccccc2C(=O)O)cc1Nc1nc(C(F)(F)F)ns1)C1CCOCC1. The molecule has 0 bridgehead atoms. The minimum absolute atomic E-state index is 0.00344. The van der Waals surface area contributed by atoms with Gasteiger partial charge >= 0.3 is 12.1 Å².